The topological polar surface area (TPSA) is 74.1 Å². The molecule has 0 radical (unpaired) electrons. The van der Waals surface area contributed by atoms with Crippen LogP contribution in [-0.4, -0.2) is 37.3 Å². The third-order valence-electron chi connectivity index (χ3n) is 4.92. The van der Waals surface area contributed by atoms with Crippen molar-refractivity contribution in [3.63, 3.8) is 0 Å². The number of halogens is 1. The van der Waals surface area contributed by atoms with Gasteiger partial charge < -0.3 is 0 Å². The minimum atomic E-state index is -3.24. The molecular weight excluding hydrogens is 411 g/mol. The van der Waals surface area contributed by atoms with Gasteiger partial charge in [0.2, 0.25) is 10.0 Å². The molecule has 0 aliphatic carbocycles. The Labute approximate surface area is 174 Å². The minimum absolute atomic E-state index is 0.0987. The van der Waals surface area contributed by atoms with E-state index >= 15 is 0 Å². The smallest absolute Gasteiger partial charge is 0.234 e. The summed E-state index contributed by atoms with van der Waals surface area (Å²) in [6, 6.07) is 12.1. The van der Waals surface area contributed by atoms with E-state index in [1.165, 1.54) is 16.4 Å². The summed E-state index contributed by atoms with van der Waals surface area (Å²) in [5, 5.41) is 5.16. The maximum atomic E-state index is 13.0. The van der Waals surface area contributed by atoms with Gasteiger partial charge in [0.15, 0.2) is 5.17 Å². The van der Waals surface area contributed by atoms with Gasteiger partial charge in [-0.25, -0.2) is 12.8 Å². The highest BCUT2D eigenvalue weighted by molar-refractivity contribution is 8.14. The number of amidine groups is 1. The summed E-state index contributed by atoms with van der Waals surface area (Å²) in [6.45, 7) is 2.62. The van der Waals surface area contributed by atoms with E-state index in [-0.39, 0.29) is 11.6 Å². The molecular formula is C20H21FN4O2S2. The Balaban J connectivity index is 1.45. The molecule has 0 aromatic heterocycles. The van der Waals surface area contributed by atoms with Gasteiger partial charge in [-0.2, -0.15) is 5.10 Å². The second kappa shape index (κ2) is 8.16. The van der Waals surface area contributed by atoms with Crippen LogP contribution in [0.1, 0.15) is 23.6 Å². The number of hydrogen-bond donors (Lipinski definition) is 1. The molecule has 0 spiro atoms. The molecule has 0 atom stereocenters. The summed E-state index contributed by atoms with van der Waals surface area (Å²) in [6.07, 6.45) is 0.709. The number of hydrogen-bond acceptors (Lipinski definition) is 5. The number of nitrogens with zero attached hydrogens (tertiary/aromatic N) is 3. The summed E-state index contributed by atoms with van der Waals surface area (Å²) in [7, 11) is -3.24. The molecule has 152 valence electrons. The average Bonchev–Trinajstić information content (AvgIpc) is 3.18. The first-order chi connectivity index (χ1) is 14.0. The Kier molecular flexibility index (Phi) is 5.60. The largest absolute Gasteiger partial charge is 0.270 e. The van der Waals surface area contributed by atoms with E-state index in [0.29, 0.717) is 25.3 Å². The second-order valence-corrected chi connectivity index (χ2v) is 9.92. The Bertz CT molecular complexity index is 1080. The van der Waals surface area contributed by atoms with Crippen LogP contribution >= 0.6 is 11.8 Å². The molecule has 9 heteroatoms. The van der Waals surface area contributed by atoms with E-state index in [0.717, 1.165) is 33.3 Å². The molecule has 0 saturated heterocycles. The van der Waals surface area contributed by atoms with E-state index in [9.17, 15) is 12.8 Å². The van der Waals surface area contributed by atoms with Crippen LogP contribution in [0.15, 0.2) is 52.6 Å². The summed E-state index contributed by atoms with van der Waals surface area (Å²) in [5.41, 5.74) is 7.60. The first-order valence-corrected chi connectivity index (χ1v) is 11.9. The zero-order chi connectivity index (χ0) is 20.4. The molecule has 0 fully saturated rings. The van der Waals surface area contributed by atoms with E-state index in [1.807, 2.05) is 18.2 Å². The summed E-state index contributed by atoms with van der Waals surface area (Å²) < 4.78 is 38.9. The predicted octanol–water partition coefficient (Wildman–Crippen LogP) is 3.13. The van der Waals surface area contributed by atoms with Crippen molar-refractivity contribution in [1.29, 1.82) is 0 Å². The van der Waals surface area contributed by atoms with Crippen LogP contribution in [0.5, 0.6) is 0 Å². The van der Waals surface area contributed by atoms with Gasteiger partial charge in [0.05, 0.1) is 23.7 Å². The highest BCUT2D eigenvalue weighted by atomic mass is 32.2. The number of aliphatic imine (C=N–C) groups is 1. The minimum Gasteiger partial charge on any atom is -0.270 e. The van der Waals surface area contributed by atoms with E-state index in [2.05, 4.69) is 15.5 Å². The molecule has 1 N–H and O–H groups in total. The van der Waals surface area contributed by atoms with Crippen LogP contribution in [0.3, 0.4) is 0 Å². The number of thioether (sulfide) groups is 1. The first kappa shape index (κ1) is 19.9. The third kappa shape index (κ3) is 4.30. The molecule has 0 unspecified atom stereocenters. The molecule has 2 heterocycles. The fourth-order valence-electron chi connectivity index (χ4n) is 3.29. The lowest BCUT2D eigenvalue weighted by molar-refractivity contribution is 0.593. The van der Waals surface area contributed by atoms with Crippen molar-refractivity contribution in [1.82, 2.24) is 5.43 Å². The lowest BCUT2D eigenvalue weighted by Gasteiger charge is -2.19. The maximum absolute atomic E-state index is 13.0. The van der Waals surface area contributed by atoms with Gasteiger partial charge in [-0.05, 0) is 54.3 Å². The zero-order valence-electron chi connectivity index (χ0n) is 15.9. The molecule has 2 aromatic carbocycles. The van der Waals surface area contributed by atoms with Crippen molar-refractivity contribution >= 4 is 38.4 Å². The fraction of sp³-hybridized carbons (Fsp3) is 0.300. The molecule has 4 rings (SSSR count). The van der Waals surface area contributed by atoms with E-state index in [4.69, 9.17) is 0 Å². The molecule has 29 heavy (non-hydrogen) atoms. The van der Waals surface area contributed by atoms with Crippen LogP contribution in [0.2, 0.25) is 0 Å². The van der Waals surface area contributed by atoms with Gasteiger partial charge in [0, 0.05) is 12.3 Å². The molecule has 2 aliphatic rings. The van der Waals surface area contributed by atoms with Crippen LogP contribution in [-0.2, 0) is 23.0 Å². The van der Waals surface area contributed by atoms with Crippen molar-refractivity contribution in [3.05, 3.63) is 65.0 Å². The maximum Gasteiger partial charge on any atom is 0.234 e. The SMILES string of the molecule is CCS(=O)(=O)N1CCc2cc(C3=NNC(=NCc4ccc(F)cc4)SC3)ccc21. The van der Waals surface area contributed by atoms with E-state index in [1.54, 1.807) is 30.8 Å². The number of fused-ring (bicyclic) bond motifs is 1. The predicted molar refractivity (Wildman–Crippen MR) is 117 cm³/mol. The van der Waals surface area contributed by atoms with Gasteiger partial charge in [0.25, 0.3) is 0 Å². The van der Waals surface area contributed by atoms with Crippen molar-refractivity contribution < 1.29 is 12.8 Å². The van der Waals surface area contributed by atoms with Crippen molar-refractivity contribution in [2.24, 2.45) is 10.1 Å². The molecule has 2 aromatic rings. The number of nitrogens with one attached hydrogen (secondary N) is 1. The van der Waals surface area contributed by atoms with Crippen molar-refractivity contribution in [2.75, 3.05) is 22.4 Å². The van der Waals surface area contributed by atoms with Gasteiger partial charge in [-0.15, -0.1) is 0 Å². The summed E-state index contributed by atoms with van der Waals surface area (Å²) >= 11 is 1.56. The van der Waals surface area contributed by atoms with E-state index < -0.39 is 10.0 Å². The quantitative estimate of drug-likeness (QED) is 0.788. The molecule has 2 aliphatic heterocycles. The Morgan fingerprint density at radius 2 is 2.03 bits per heavy atom. The monoisotopic (exact) mass is 432 g/mol. The fourth-order valence-corrected chi connectivity index (χ4v) is 5.22. The van der Waals surface area contributed by atoms with Gasteiger partial charge >= 0.3 is 0 Å². The Hall–Kier alpha value is -2.39. The van der Waals surface area contributed by atoms with Crippen LogP contribution < -0.4 is 9.73 Å². The van der Waals surface area contributed by atoms with Crippen molar-refractivity contribution in [3.8, 4) is 0 Å². The Morgan fingerprint density at radius 1 is 1.24 bits per heavy atom. The lowest BCUT2D eigenvalue weighted by Crippen LogP contribution is -2.30. The zero-order valence-corrected chi connectivity index (χ0v) is 17.6. The summed E-state index contributed by atoms with van der Waals surface area (Å²) in [5.74, 6) is 0.512. The molecule has 0 bridgehead atoms. The summed E-state index contributed by atoms with van der Waals surface area (Å²) in [4.78, 5) is 4.48. The Morgan fingerprint density at radius 3 is 2.72 bits per heavy atom. The van der Waals surface area contributed by atoms with Crippen LogP contribution in [0.25, 0.3) is 0 Å². The number of hydrazone groups is 1. The third-order valence-corrected chi connectivity index (χ3v) is 7.61. The number of rotatable bonds is 5. The number of anilines is 1. The molecule has 0 saturated carbocycles. The van der Waals surface area contributed by atoms with Gasteiger partial charge in [-0.1, -0.05) is 30.0 Å². The normalized spacial score (nSPS) is 17.8. The standard InChI is InChI=1S/C20H21FN4O2S2/c1-2-29(26,27)25-10-9-16-11-15(5-8-19(16)25)18-13-28-20(24-23-18)22-12-14-3-6-17(21)7-4-14/h3-8,11H,2,9-10,12-13H2,1H3,(H,22,24). The number of benzene rings is 2. The second-order valence-electron chi connectivity index (χ2n) is 6.77. The van der Waals surface area contributed by atoms with Crippen LogP contribution in [0, 0.1) is 5.82 Å². The van der Waals surface area contributed by atoms with Gasteiger partial charge in [-0.3, -0.25) is 14.7 Å². The first-order valence-electron chi connectivity index (χ1n) is 9.34. The van der Waals surface area contributed by atoms with Crippen molar-refractivity contribution in [2.45, 2.75) is 19.9 Å². The average molecular weight is 433 g/mol. The number of sulfonamides is 1. The molecule has 6 nitrogen and oxygen atoms in total. The molecule has 0 amide bonds. The van der Waals surface area contributed by atoms with Crippen LogP contribution in [0.4, 0.5) is 10.1 Å². The highest BCUT2D eigenvalue weighted by Gasteiger charge is 2.28. The highest BCUT2D eigenvalue weighted by Crippen LogP contribution is 2.32. The van der Waals surface area contributed by atoms with Gasteiger partial charge in [0.1, 0.15) is 5.82 Å². The lowest BCUT2D eigenvalue weighted by atomic mass is 10.1.